The maximum atomic E-state index is 12.6. The zero-order valence-electron chi connectivity index (χ0n) is 13.6. The molecule has 0 bridgehead atoms. The zero-order chi connectivity index (χ0) is 16.1. The standard InChI is InChI=1S/C17H26N2O3/c1-3-5-6-8-19-15-7-9-18(4-2)12-14(15)10-13(17(19)22)11-16(20)21/h10H,3-9,11-12H2,1-2H3,(H,20,21). The highest BCUT2D eigenvalue weighted by Gasteiger charge is 2.21. The average molecular weight is 306 g/mol. The van der Waals surface area contributed by atoms with Gasteiger partial charge in [0.05, 0.1) is 6.42 Å². The van der Waals surface area contributed by atoms with Crippen LogP contribution in [0.4, 0.5) is 0 Å². The molecule has 22 heavy (non-hydrogen) atoms. The molecule has 1 aromatic heterocycles. The first-order valence-electron chi connectivity index (χ1n) is 8.25. The number of nitrogens with zero attached hydrogens (tertiary/aromatic N) is 2. The number of pyridine rings is 1. The lowest BCUT2D eigenvalue weighted by atomic mass is 10.0. The monoisotopic (exact) mass is 306 g/mol. The van der Waals surface area contributed by atoms with Crippen molar-refractivity contribution < 1.29 is 9.90 Å². The first-order valence-corrected chi connectivity index (χ1v) is 8.25. The van der Waals surface area contributed by atoms with Crippen LogP contribution in [0.5, 0.6) is 0 Å². The summed E-state index contributed by atoms with van der Waals surface area (Å²) in [6.07, 6.45) is 3.85. The summed E-state index contributed by atoms with van der Waals surface area (Å²) in [5.41, 5.74) is 2.54. The molecule has 0 aromatic carbocycles. The van der Waals surface area contributed by atoms with Crippen LogP contribution in [0.2, 0.25) is 0 Å². The quantitative estimate of drug-likeness (QED) is 0.783. The summed E-state index contributed by atoms with van der Waals surface area (Å²) in [6, 6.07) is 1.82. The van der Waals surface area contributed by atoms with Crippen molar-refractivity contribution in [1.82, 2.24) is 9.47 Å². The van der Waals surface area contributed by atoms with E-state index in [0.29, 0.717) is 12.1 Å². The maximum absolute atomic E-state index is 12.6. The van der Waals surface area contributed by atoms with Gasteiger partial charge in [0.15, 0.2) is 0 Å². The third-order valence-corrected chi connectivity index (χ3v) is 4.40. The summed E-state index contributed by atoms with van der Waals surface area (Å²) >= 11 is 0. The minimum Gasteiger partial charge on any atom is -0.481 e. The van der Waals surface area contributed by atoms with Crippen molar-refractivity contribution in [2.45, 2.75) is 59.0 Å². The van der Waals surface area contributed by atoms with Gasteiger partial charge in [-0.15, -0.1) is 0 Å². The molecule has 122 valence electrons. The number of fused-ring (bicyclic) bond motifs is 1. The molecule has 1 aliphatic heterocycles. The number of likely N-dealkylation sites (N-methyl/N-ethyl adjacent to an activating group) is 1. The minimum atomic E-state index is -0.944. The summed E-state index contributed by atoms with van der Waals surface area (Å²) in [4.78, 5) is 26.0. The van der Waals surface area contributed by atoms with Crippen LogP contribution in [0.1, 0.15) is 49.9 Å². The Balaban J connectivity index is 2.40. The second kappa shape index (κ2) is 7.58. The zero-order valence-corrected chi connectivity index (χ0v) is 13.6. The van der Waals surface area contributed by atoms with Crippen LogP contribution in [0, 0.1) is 0 Å². The van der Waals surface area contributed by atoms with Crippen LogP contribution in [-0.2, 0) is 30.7 Å². The lowest BCUT2D eigenvalue weighted by Gasteiger charge is -2.30. The Kier molecular flexibility index (Phi) is 5.77. The van der Waals surface area contributed by atoms with Crippen molar-refractivity contribution >= 4 is 5.97 Å². The van der Waals surface area contributed by atoms with Crippen LogP contribution >= 0.6 is 0 Å². The predicted molar refractivity (Wildman–Crippen MR) is 86.2 cm³/mol. The number of aliphatic carboxylic acids is 1. The lowest BCUT2D eigenvalue weighted by Crippen LogP contribution is -2.37. The smallest absolute Gasteiger partial charge is 0.308 e. The molecule has 0 saturated heterocycles. The number of unbranched alkanes of at least 4 members (excludes halogenated alkanes) is 2. The Morgan fingerprint density at radius 3 is 2.73 bits per heavy atom. The lowest BCUT2D eigenvalue weighted by molar-refractivity contribution is -0.136. The van der Waals surface area contributed by atoms with Gasteiger partial charge in [0, 0.05) is 37.3 Å². The molecule has 2 rings (SSSR count). The molecule has 0 radical (unpaired) electrons. The van der Waals surface area contributed by atoms with Gasteiger partial charge in [-0.25, -0.2) is 0 Å². The van der Waals surface area contributed by atoms with E-state index in [0.717, 1.165) is 56.6 Å². The Bertz CT molecular complexity index is 592. The number of carbonyl (C=O) groups is 1. The molecule has 0 spiro atoms. The molecular formula is C17H26N2O3. The summed E-state index contributed by atoms with van der Waals surface area (Å²) in [7, 11) is 0. The fraction of sp³-hybridized carbons (Fsp3) is 0.647. The van der Waals surface area contributed by atoms with E-state index < -0.39 is 5.97 Å². The third-order valence-electron chi connectivity index (χ3n) is 4.40. The molecule has 0 fully saturated rings. The van der Waals surface area contributed by atoms with E-state index in [1.807, 2.05) is 10.6 Å². The normalized spacial score (nSPS) is 14.8. The van der Waals surface area contributed by atoms with E-state index in [4.69, 9.17) is 5.11 Å². The molecule has 1 aliphatic rings. The molecule has 0 atom stereocenters. The molecule has 1 N–H and O–H groups in total. The molecular weight excluding hydrogens is 280 g/mol. The van der Waals surface area contributed by atoms with E-state index in [1.54, 1.807) is 0 Å². The fourth-order valence-corrected chi connectivity index (χ4v) is 3.16. The average Bonchev–Trinajstić information content (AvgIpc) is 2.49. The van der Waals surface area contributed by atoms with E-state index in [1.165, 1.54) is 0 Å². The molecule has 0 amide bonds. The van der Waals surface area contributed by atoms with Crippen molar-refractivity contribution in [2.24, 2.45) is 0 Å². The van der Waals surface area contributed by atoms with Gasteiger partial charge >= 0.3 is 5.97 Å². The number of hydrogen-bond acceptors (Lipinski definition) is 3. The summed E-state index contributed by atoms with van der Waals surface area (Å²) < 4.78 is 1.84. The predicted octanol–water partition coefficient (Wildman–Crippen LogP) is 2.04. The van der Waals surface area contributed by atoms with Crippen LogP contribution in [0.25, 0.3) is 0 Å². The Morgan fingerprint density at radius 2 is 2.09 bits per heavy atom. The van der Waals surface area contributed by atoms with Crippen molar-refractivity contribution in [1.29, 1.82) is 0 Å². The topological polar surface area (TPSA) is 62.5 Å². The molecule has 2 heterocycles. The summed E-state index contributed by atoms with van der Waals surface area (Å²) in [5.74, 6) is -0.944. The van der Waals surface area contributed by atoms with E-state index >= 15 is 0 Å². The Morgan fingerprint density at radius 1 is 1.32 bits per heavy atom. The number of hydrogen-bond donors (Lipinski definition) is 1. The van der Waals surface area contributed by atoms with Crippen LogP contribution in [-0.4, -0.2) is 33.6 Å². The molecule has 5 heteroatoms. The first-order chi connectivity index (χ1) is 10.6. The van der Waals surface area contributed by atoms with Gasteiger partial charge in [0.2, 0.25) is 0 Å². The largest absolute Gasteiger partial charge is 0.481 e. The van der Waals surface area contributed by atoms with Gasteiger partial charge in [-0.2, -0.15) is 0 Å². The first kappa shape index (κ1) is 16.7. The van der Waals surface area contributed by atoms with E-state index in [2.05, 4.69) is 18.7 Å². The Labute approximate surface area is 131 Å². The van der Waals surface area contributed by atoms with Crippen LogP contribution < -0.4 is 5.56 Å². The second-order valence-corrected chi connectivity index (χ2v) is 5.99. The van der Waals surface area contributed by atoms with Gasteiger partial charge in [-0.05, 0) is 24.6 Å². The maximum Gasteiger partial charge on any atom is 0.308 e. The van der Waals surface area contributed by atoms with Crippen molar-refractivity contribution in [3.05, 3.63) is 33.2 Å². The van der Waals surface area contributed by atoms with Crippen molar-refractivity contribution in [3.63, 3.8) is 0 Å². The van der Waals surface area contributed by atoms with E-state index in [-0.39, 0.29) is 12.0 Å². The fourth-order valence-electron chi connectivity index (χ4n) is 3.16. The number of carboxylic acid groups (broad SMARTS) is 1. The number of carboxylic acids is 1. The second-order valence-electron chi connectivity index (χ2n) is 5.99. The Hall–Kier alpha value is -1.62. The molecule has 0 aliphatic carbocycles. The van der Waals surface area contributed by atoms with Gasteiger partial charge in [-0.3, -0.25) is 14.5 Å². The molecule has 5 nitrogen and oxygen atoms in total. The highest BCUT2D eigenvalue weighted by Crippen LogP contribution is 2.19. The highest BCUT2D eigenvalue weighted by molar-refractivity contribution is 5.70. The number of aromatic nitrogens is 1. The molecule has 0 unspecified atom stereocenters. The third kappa shape index (κ3) is 3.77. The SMILES string of the molecule is CCCCCn1c2c(cc(CC(=O)O)c1=O)CN(CC)CC2. The van der Waals surface area contributed by atoms with Gasteiger partial charge < -0.3 is 9.67 Å². The minimum absolute atomic E-state index is 0.109. The highest BCUT2D eigenvalue weighted by atomic mass is 16.4. The summed E-state index contributed by atoms with van der Waals surface area (Å²) in [6.45, 7) is 7.72. The molecule has 0 saturated carbocycles. The van der Waals surface area contributed by atoms with Crippen molar-refractivity contribution in [2.75, 3.05) is 13.1 Å². The van der Waals surface area contributed by atoms with Gasteiger partial charge in [-0.1, -0.05) is 26.7 Å². The number of rotatable bonds is 7. The van der Waals surface area contributed by atoms with Gasteiger partial charge in [0.25, 0.3) is 5.56 Å². The van der Waals surface area contributed by atoms with Gasteiger partial charge in [0.1, 0.15) is 0 Å². The van der Waals surface area contributed by atoms with Crippen LogP contribution in [0.15, 0.2) is 10.9 Å². The van der Waals surface area contributed by atoms with E-state index in [9.17, 15) is 9.59 Å². The van der Waals surface area contributed by atoms with Crippen LogP contribution in [0.3, 0.4) is 0 Å². The van der Waals surface area contributed by atoms with Crippen molar-refractivity contribution in [3.8, 4) is 0 Å². The summed E-state index contributed by atoms with van der Waals surface area (Å²) in [5, 5.41) is 9.04. The molecule has 1 aromatic rings.